The molecule has 154 valence electrons. The molecule has 0 spiro atoms. The van der Waals surface area contributed by atoms with Gasteiger partial charge in [-0.25, -0.2) is 8.42 Å². The number of benzene rings is 2. The van der Waals surface area contributed by atoms with Crippen molar-refractivity contribution in [3.8, 4) is 0 Å². The number of piperazine rings is 1. The maximum absolute atomic E-state index is 12.8. The Labute approximate surface area is 169 Å². The van der Waals surface area contributed by atoms with E-state index >= 15 is 0 Å². The van der Waals surface area contributed by atoms with Crippen molar-refractivity contribution >= 4 is 33.0 Å². The van der Waals surface area contributed by atoms with Crippen molar-refractivity contribution in [2.24, 2.45) is 0 Å². The molecule has 10 heteroatoms. The average molecular weight is 418 g/mol. The minimum atomic E-state index is -3.23. The molecule has 2 aromatic rings. The fourth-order valence-electron chi connectivity index (χ4n) is 3.37. The Hall–Kier alpha value is -2.98. The van der Waals surface area contributed by atoms with Crippen molar-refractivity contribution in [2.75, 3.05) is 42.7 Å². The highest BCUT2D eigenvalue weighted by molar-refractivity contribution is 7.88. The zero-order valence-electron chi connectivity index (χ0n) is 16.2. The molecule has 3 rings (SSSR count). The van der Waals surface area contributed by atoms with Crippen LogP contribution in [0, 0.1) is 17.0 Å². The smallest absolute Gasteiger partial charge is 0.273 e. The third-order valence-electron chi connectivity index (χ3n) is 4.95. The predicted octanol–water partition coefficient (Wildman–Crippen LogP) is 2.24. The first-order valence-electron chi connectivity index (χ1n) is 9.03. The first-order valence-corrected chi connectivity index (χ1v) is 10.9. The molecule has 9 nitrogen and oxygen atoms in total. The SMILES string of the molecule is Cc1c(C(=O)Nc2ccccc2N2CCN(S(C)(=O)=O)CC2)cccc1[N+](=O)[O-]. The van der Waals surface area contributed by atoms with Gasteiger partial charge in [0.2, 0.25) is 10.0 Å². The van der Waals surface area contributed by atoms with Gasteiger partial charge in [-0.3, -0.25) is 14.9 Å². The van der Waals surface area contributed by atoms with Gasteiger partial charge in [0.1, 0.15) is 0 Å². The van der Waals surface area contributed by atoms with E-state index in [1.165, 1.54) is 22.7 Å². The van der Waals surface area contributed by atoms with Gasteiger partial charge in [-0.05, 0) is 25.1 Å². The van der Waals surface area contributed by atoms with E-state index in [0.29, 0.717) is 37.4 Å². The number of carbonyl (C=O) groups is 1. The second-order valence-corrected chi connectivity index (χ2v) is 8.81. The molecule has 0 radical (unpaired) electrons. The molecule has 29 heavy (non-hydrogen) atoms. The van der Waals surface area contributed by atoms with E-state index in [9.17, 15) is 23.3 Å². The number of anilines is 2. The summed E-state index contributed by atoms with van der Waals surface area (Å²) in [5, 5.41) is 14.0. The number of rotatable bonds is 5. The molecule has 0 saturated carbocycles. The number of hydrogen-bond acceptors (Lipinski definition) is 6. The number of amides is 1. The molecule has 0 atom stereocenters. The molecular formula is C19H22N4O5S. The maximum Gasteiger partial charge on any atom is 0.273 e. The molecule has 1 aliphatic heterocycles. The maximum atomic E-state index is 12.8. The van der Waals surface area contributed by atoms with Crippen LogP contribution in [0.3, 0.4) is 0 Å². The van der Waals surface area contributed by atoms with Crippen molar-refractivity contribution in [1.29, 1.82) is 0 Å². The van der Waals surface area contributed by atoms with Gasteiger partial charge in [-0.15, -0.1) is 0 Å². The fourth-order valence-corrected chi connectivity index (χ4v) is 4.20. The predicted molar refractivity (Wildman–Crippen MR) is 111 cm³/mol. The van der Waals surface area contributed by atoms with Crippen LogP contribution in [0.5, 0.6) is 0 Å². The molecule has 1 fully saturated rings. The van der Waals surface area contributed by atoms with Crippen molar-refractivity contribution in [3.05, 3.63) is 63.7 Å². The minimum absolute atomic E-state index is 0.108. The van der Waals surface area contributed by atoms with E-state index in [1.54, 1.807) is 25.1 Å². The van der Waals surface area contributed by atoms with Crippen LogP contribution < -0.4 is 10.2 Å². The largest absolute Gasteiger partial charge is 0.367 e. The summed E-state index contributed by atoms with van der Waals surface area (Å²) in [5.41, 5.74) is 1.77. The van der Waals surface area contributed by atoms with E-state index in [2.05, 4.69) is 5.32 Å². The van der Waals surface area contributed by atoms with Gasteiger partial charge in [-0.1, -0.05) is 18.2 Å². The van der Waals surface area contributed by atoms with Crippen LogP contribution in [0.15, 0.2) is 42.5 Å². The molecule has 1 saturated heterocycles. The number of nitrogens with zero attached hydrogens (tertiary/aromatic N) is 3. The number of sulfonamides is 1. The van der Waals surface area contributed by atoms with Gasteiger partial charge < -0.3 is 10.2 Å². The summed E-state index contributed by atoms with van der Waals surface area (Å²) in [7, 11) is -3.23. The zero-order valence-corrected chi connectivity index (χ0v) is 17.0. The molecule has 0 unspecified atom stereocenters. The van der Waals surface area contributed by atoms with E-state index in [4.69, 9.17) is 0 Å². The van der Waals surface area contributed by atoms with Crippen molar-refractivity contribution in [2.45, 2.75) is 6.92 Å². The Balaban J connectivity index is 1.81. The van der Waals surface area contributed by atoms with Gasteiger partial charge in [-0.2, -0.15) is 4.31 Å². The molecular weight excluding hydrogens is 396 g/mol. The summed E-state index contributed by atoms with van der Waals surface area (Å²) >= 11 is 0. The number of hydrogen-bond donors (Lipinski definition) is 1. The molecule has 1 aliphatic rings. The third kappa shape index (κ3) is 4.54. The lowest BCUT2D eigenvalue weighted by atomic mass is 10.1. The molecule has 0 bridgehead atoms. The Morgan fingerprint density at radius 3 is 2.34 bits per heavy atom. The fraction of sp³-hybridized carbons (Fsp3) is 0.316. The lowest BCUT2D eigenvalue weighted by Crippen LogP contribution is -2.48. The second-order valence-electron chi connectivity index (χ2n) is 6.83. The topological polar surface area (TPSA) is 113 Å². The monoisotopic (exact) mass is 418 g/mol. The van der Waals surface area contributed by atoms with Crippen molar-refractivity contribution < 1.29 is 18.1 Å². The number of nitro groups is 1. The van der Waals surface area contributed by atoms with Gasteiger partial charge in [0.05, 0.1) is 22.6 Å². The highest BCUT2D eigenvalue weighted by Gasteiger charge is 2.25. The summed E-state index contributed by atoms with van der Waals surface area (Å²) in [6, 6.07) is 11.6. The van der Waals surface area contributed by atoms with E-state index in [1.807, 2.05) is 17.0 Å². The summed E-state index contributed by atoms with van der Waals surface area (Å²) in [4.78, 5) is 25.4. The van der Waals surface area contributed by atoms with Crippen LogP contribution in [0.2, 0.25) is 0 Å². The first kappa shape index (κ1) is 20.7. The standard InChI is InChI=1S/C19H22N4O5S/c1-14-15(6-5-9-17(14)23(25)26)19(24)20-16-7-3-4-8-18(16)21-10-12-22(13-11-21)29(2,27)28/h3-9H,10-13H2,1-2H3,(H,20,24). The van der Waals surface area contributed by atoms with Crippen LogP contribution >= 0.6 is 0 Å². The molecule has 2 aromatic carbocycles. The summed E-state index contributed by atoms with van der Waals surface area (Å²) < 4.78 is 24.8. The zero-order chi connectivity index (χ0) is 21.2. The van der Waals surface area contributed by atoms with E-state index in [0.717, 1.165) is 5.69 Å². The minimum Gasteiger partial charge on any atom is -0.367 e. The summed E-state index contributed by atoms with van der Waals surface area (Å²) in [6.45, 7) is 3.27. The van der Waals surface area contributed by atoms with Crippen molar-refractivity contribution in [3.63, 3.8) is 0 Å². The number of para-hydroxylation sites is 2. The van der Waals surface area contributed by atoms with Gasteiger partial charge in [0.15, 0.2) is 0 Å². The molecule has 0 aromatic heterocycles. The van der Waals surface area contributed by atoms with Crippen molar-refractivity contribution in [1.82, 2.24) is 4.31 Å². The van der Waals surface area contributed by atoms with Crippen LogP contribution in [0.25, 0.3) is 0 Å². The first-order chi connectivity index (χ1) is 13.7. The normalized spacial score (nSPS) is 15.2. The molecule has 1 amide bonds. The van der Waals surface area contributed by atoms with Gasteiger partial charge >= 0.3 is 0 Å². The van der Waals surface area contributed by atoms with E-state index < -0.39 is 20.9 Å². The third-order valence-corrected chi connectivity index (χ3v) is 6.25. The average Bonchev–Trinajstić information content (AvgIpc) is 2.67. The van der Waals surface area contributed by atoms with Gasteiger partial charge in [0, 0.05) is 43.4 Å². The highest BCUT2D eigenvalue weighted by Crippen LogP contribution is 2.28. The number of nitrogens with one attached hydrogen (secondary N) is 1. The Morgan fingerprint density at radius 1 is 1.07 bits per heavy atom. The van der Waals surface area contributed by atoms with Crippen LogP contribution in [-0.4, -0.2) is 56.0 Å². The van der Waals surface area contributed by atoms with E-state index in [-0.39, 0.29) is 11.3 Å². The molecule has 0 aliphatic carbocycles. The van der Waals surface area contributed by atoms with Crippen LogP contribution in [0.1, 0.15) is 15.9 Å². The van der Waals surface area contributed by atoms with Crippen LogP contribution in [0.4, 0.5) is 17.1 Å². The second kappa shape index (κ2) is 8.18. The van der Waals surface area contributed by atoms with Crippen LogP contribution in [-0.2, 0) is 10.0 Å². The highest BCUT2D eigenvalue weighted by atomic mass is 32.2. The Kier molecular flexibility index (Phi) is 5.85. The molecule has 1 N–H and O–H groups in total. The summed E-state index contributed by atoms with van der Waals surface area (Å²) in [5.74, 6) is -0.437. The lowest BCUT2D eigenvalue weighted by Gasteiger charge is -2.35. The Bertz CT molecular complexity index is 1050. The number of nitro benzene ring substituents is 1. The quantitative estimate of drug-likeness (QED) is 0.589. The lowest BCUT2D eigenvalue weighted by molar-refractivity contribution is -0.385. The summed E-state index contributed by atoms with van der Waals surface area (Å²) in [6.07, 6.45) is 1.19. The van der Waals surface area contributed by atoms with Gasteiger partial charge in [0.25, 0.3) is 11.6 Å². The Morgan fingerprint density at radius 2 is 1.72 bits per heavy atom. The number of carbonyl (C=O) groups excluding carboxylic acids is 1. The molecule has 1 heterocycles.